The molecule has 2 rings (SSSR count). The molecule has 0 unspecified atom stereocenters. The minimum atomic E-state index is -0.255. The largest absolute Gasteiger partial charge is 0.481 e. The second kappa shape index (κ2) is 6.12. The van der Waals surface area contributed by atoms with Gasteiger partial charge in [0.1, 0.15) is 4.99 Å². The molecule has 0 aliphatic carbocycles. The van der Waals surface area contributed by atoms with Crippen LogP contribution in [-0.4, -0.2) is 23.0 Å². The van der Waals surface area contributed by atoms with Gasteiger partial charge in [0, 0.05) is 17.2 Å². The van der Waals surface area contributed by atoms with Gasteiger partial charge in [0.25, 0.3) is 5.91 Å². The molecule has 20 heavy (non-hydrogen) atoms. The first-order valence-corrected chi connectivity index (χ1v) is 6.22. The Morgan fingerprint density at radius 1 is 1.30 bits per heavy atom. The van der Waals surface area contributed by atoms with Crippen LogP contribution in [0.2, 0.25) is 0 Å². The zero-order chi connectivity index (χ0) is 14.5. The number of carbonyl (C=O) groups excluding carboxylic acids is 1. The Labute approximate surface area is 121 Å². The van der Waals surface area contributed by atoms with E-state index in [1.54, 1.807) is 36.4 Å². The number of nitrogens with two attached hydrogens (primary N) is 1. The van der Waals surface area contributed by atoms with Crippen LogP contribution in [-0.2, 0) is 0 Å². The standard InChI is InChI=1S/C14H13N3O2S/c1-19-12-6-5-11(8-16-12)17-14(18)10-4-2-3-9(7-10)13(15)20/h2-8H,1H3,(H2,15,20)(H,17,18). The van der Waals surface area contributed by atoms with Gasteiger partial charge in [0.2, 0.25) is 5.88 Å². The first-order valence-electron chi connectivity index (χ1n) is 5.81. The molecular formula is C14H13N3O2S. The minimum Gasteiger partial charge on any atom is -0.481 e. The number of carbonyl (C=O) groups is 1. The number of hydrogen-bond acceptors (Lipinski definition) is 4. The van der Waals surface area contributed by atoms with Crippen molar-refractivity contribution in [2.24, 2.45) is 5.73 Å². The Balaban J connectivity index is 2.14. The fourth-order valence-electron chi connectivity index (χ4n) is 1.59. The molecular weight excluding hydrogens is 274 g/mol. The van der Waals surface area contributed by atoms with E-state index < -0.39 is 0 Å². The summed E-state index contributed by atoms with van der Waals surface area (Å²) < 4.78 is 4.95. The first-order chi connectivity index (χ1) is 9.60. The Morgan fingerprint density at radius 3 is 2.65 bits per heavy atom. The van der Waals surface area contributed by atoms with Crippen LogP contribution in [0.4, 0.5) is 5.69 Å². The Hall–Kier alpha value is -2.47. The third-order valence-electron chi connectivity index (χ3n) is 2.61. The number of methoxy groups -OCH3 is 1. The summed E-state index contributed by atoms with van der Waals surface area (Å²) in [6.45, 7) is 0. The van der Waals surface area contributed by atoms with E-state index >= 15 is 0 Å². The zero-order valence-electron chi connectivity index (χ0n) is 10.8. The van der Waals surface area contributed by atoms with Crippen LogP contribution in [0.1, 0.15) is 15.9 Å². The molecule has 0 spiro atoms. The van der Waals surface area contributed by atoms with Crippen LogP contribution in [0.3, 0.4) is 0 Å². The molecule has 3 N–H and O–H groups in total. The van der Waals surface area contributed by atoms with E-state index in [9.17, 15) is 4.79 Å². The fraction of sp³-hybridized carbons (Fsp3) is 0.0714. The Morgan fingerprint density at radius 2 is 2.05 bits per heavy atom. The molecule has 0 radical (unpaired) electrons. The van der Waals surface area contributed by atoms with Gasteiger partial charge in [-0.15, -0.1) is 0 Å². The molecule has 0 fully saturated rings. The number of hydrogen-bond donors (Lipinski definition) is 2. The number of aromatic nitrogens is 1. The second-order valence-corrected chi connectivity index (χ2v) is 4.43. The van der Waals surface area contributed by atoms with Crippen molar-refractivity contribution in [1.82, 2.24) is 4.98 Å². The van der Waals surface area contributed by atoms with Gasteiger partial charge in [-0.05, 0) is 18.2 Å². The molecule has 0 bridgehead atoms. The molecule has 0 aliphatic rings. The lowest BCUT2D eigenvalue weighted by molar-refractivity contribution is 0.102. The molecule has 0 atom stereocenters. The highest BCUT2D eigenvalue weighted by Crippen LogP contribution is 2.13. The number of nitrogens with one attached hydrogen (secondary N) is 1. The lowest BCUT2D eigenvalue weighted by Crippen LogP contribution is -2.14. The van der Waals surface area contributed by atoms with Crippen LogP contribution < -0.4 is 15.8 Å². The quantitative estimate of drug-likeness (QED) is 0.841. The summed E-state index contributed by atoms with van der Waals surface area (Å²) in [5.74, 6) is 0.230. The molecule has 1 heterocycles. The highest BCUT2D eigenvalue weighted by molar-refractivity contribution is 7.80. The minimum absolute atomic E-state index is 0.255. The van der Waals surface area contributed by atoms with Crippen LogP contribution in [0.15, 0.2) is 42.6 Å². The van der Waals surface area contributed by atoms with E-state index in [1.165, 1.54) is 13.3 Å². The average molecular weight is 287 g/mol. The normalized spacial score (nSPS) is 9.85. The molecule has 2 aromatic rings. The maximum absolute atomic E-state index is 12.1. The highest BCUT2D eigenvalue weighted by atomic mass is 32.1. The van der Waals surface area contributed by atoms with Crippen molar-refractivity contribution in [3.8, 4) is 5.88 Å². The molecule has 1 aromatic heterocycles. The molecule has 0 aliphatic heterocycles. The Bertz CT molecular complexity index is 641. The molecule has 1 amide bonds. The third-order valence-corrected chi connectivity index (χ3v) is 2.85. The second-order valence-electron chi connectivity index (χ2n) is 3.99. The van der Waals surface area contributed by atoms with Gasteiger partial charge >= 0.3 is 0 Å². The maximum Gasteiger partial charge on any atom is 0.255 e. The molecule has 5 nitrogen and oxygen atoms in total. The monoisotopic (exact) mass is 287 g/mol. The van der Waals surface area contributed by atoms with E-state index in [0.717, 1.165) is 0 Å². The lowest BCUT2D eigenvalue weighted by atomic mass is 10.1. The van der Waals surface area contributed by atoms with Crippen molar-refractivity contribution in [2.75, 3.05) is 12.4 Å². The van der Waals surface area contributed by atoms with Gasteiger partial charge in [-0.3, -0.25) is 4.79 Å². The van der Waals surface area contributed by atoms with Crippen molar-refractivity contribution in [3.63, 3.8) is 0 Å². The smallest absolute Gasteiger partial charge is 0.255 e. The molecule has 0 saturated carbocycles. The number of benzene rings is 1. The summed E-state index contributed by atoms with van der Waals surface area (Å²) in [4.78, 5) is 16.4. The third kappa shape index (κ3) is 3.30. The van der Waals surface area contributed by atoms with E-state index in [4.69, 9.17) is 22.7 Å². The molecule has 0 saturated heterocycles. The Kier molecular flexibility index (Phi) is 4.27. The summed E-state index contributed by atoms with van der Waals surface area (Å²) in [7, 11) is 1.53. The van der Waals surface area contributed by atoms with E-state index in [0.29, 0.717) is 22.7 Å². The summed E-state index contributed by atoms with van der Waals surface area (Å²) in [5.41, 5.74) is 7.25. The van der Waals surface area contributed by atoms with Crippen molar-refractivity contribution >= 4 is 28.8 Å². The summed E-state index contributed by atoms with van der Waals surface area (Å²) >= 11 is 4.89. The SMILES string of the molecule is COc1ccc(NC(=O)c2cccc(C(N)=S)c2)cn1. The van der Waals surface area contributed by atoms with Gasteiger partial charge in [-0.25, -0.2) is 4.98 Å². The number of amides is 1. The highest BCUT2D eigenvalue weighted by Gasteiger charge is 2.08. The summed E-state index contributed by atoms with van der Waals surface area (Å²) in [5, 5.41) is 2.73. The fourth-order valence-corrected chi connectivity index (χ4v) is 1.72. The topological polar surface area (TPSA) is 77.2 Å². The van der Waals surface area contributed by atoms with Gasteiger partial charge in [-0.1, -0.05) is 24.4 Å². The van der Waals surface area contributed by atoms with E-state index in [-0.39, 0.29) is 10.9 Å². The number of ether oxygens (including phenoxy) is 1. The molecule has 1 aromatic carbocycles. The predicted molar refractivity (Wildman–Crippen MR) is 81.1 cm³/mol. The predicted octanol–water partition coefficient (Wildman–Crippen LogP) is 1.98. The van der Waals surface area contributed by atoms with E-state index in [2.05, 4.69) is 10.3 Å². The number of thiocarbonyl (C=S) groups is 1. The number of nitrogens with zero attached hydrogens (tertiary/aromatic N) is 1. The van der Waals surface area contributed by atoms with Gasteiger partial charge < -0.3 is 15.8 Å². The number of anilines is 1. The van der Waals surface area contributed by atoms with Gasteiger partial charge in [0.15, 0.2) is 0 Å². The van der Waals surface area contributed by atoms with Gasteiger partial charge in [0.05, 0.1) is 19.0 Å². The lowest BCUT2D eigenvalue weighted by Gasteiger charge is -2.07. The van der Waals surface area contributed by atoms with Crippen molar-refractivity contribution < 1.29 is 9.53 Å². The van der Waals surface area contributed by atoms with Crippen LogP contribution in [0.5, 0.6) is 5.88 Å². The zero-order valence-corrected chi connectivity index (χ0v) is 11.6. The van der Waals surface area contributed by atoms with Crippen molar-refractivity contribution in [1.29, 1.82) is 0 Å². The van der Waals surface area contributed by atoms with E-state index in [1.807, 2.05) is 0 Å². The first kappa shape index (κ1) is 14.0. The van der Waals surface area contributed by atoms with Crippen molar-refractivity contribution in [3.05, 3.63) is 53.7 Å². The maximum atomic E-state index is 12.1. The van der Waals surface area contributed by atoms with Crippen LogP contribution in [0, 0.1) is 0 Å². The molecule has 6 heteroatoms. The average Bonchev–Trinajstić information content (AvgIpc) is 2.48. The molecule has 102 valence electrons. The van der Waals surface area contributed by atoms with Gasteiger partial charge in [-0.2, -0.15) is 0 Å². The van der Waals surface area contributed by atoms with Crippen LogP contribution >= 0.6 is 12.2 Å². The number of rotatable bonds is 4. The van der Waals surface area contributed by atoms with Crippen LogP contribution in [0.25, 0.3) is 0 Å². The summed E-state index contributed by atoms with van der Waals surface area (Å²) in [6.07, 6.45) is 1.52. The van der Waals surface area contributed by atoms with Crippen molar-refractivity contribution in [2.45, 2.75) is 0 Å². The summed E-state index contributed by atoms with van der Waals surface area (Å²) in [6, 6.07) is 10.2. The number of pyridine rings is 1.